The van der Waals surface area contributed by atoms with Crippen LogP contribution in [0.5, 0.6) is 5.75 Å². The number of carbonyl (C=O) groups excluding carboxylic acids is 1. The lowest BCUT2D eigenvalue weighted by molar-refractivity contribution is -0.133. The molecule has 3 aromatic rings. The van der Waals surface area contributed by atoms with Crippen molar-refractivity contribution in [3.63, 3.8) is 0 Å². The largest absolute Gasteiger partial charge is 0.495 e. The molecule has 34 heavy (non-hydrogen) atoms. The number of aryl methyl sites for hydroxylation is 1. The normalized spacial score (nSPS) is 21.4. The van der Waals surface area contributed by atoms with E-state index in [9.17, 15) is 9.18 Å². The number of hydrogen-bond donors (Lipinski definition) is 0. The number of aliphatic imine (C=N–C) groups is 1. The highest BCUT2D eigenvalue weighted by molar-refractivity contribution is 6.13. The van der Waals surface area contributed by atoms with Crippen LogP contribution in [0.3, 0.4) is 0 Å². The second kappa shape index (κ2) is 8.56. The number of ether oxygens (including phenoxy) is 1. The third kappa shape index (κ3) is 3.81. The molecule has 0 N–H and O–H groups in total. The van der Waals surface area contributed by atoms with Gasteiger partial charge in [-0.25, -0.2) is 9.37 Å². The fourth-order valence-corrected chi connectivity index (χ4v) is 4.87. The minimum Gasteiger partial charge on any atom is -0.495 e. The first-order valence-electron chi connectivity index (χ1n) is 11.4. The number of halogens is 1. The summed E-state index contributed by atoms with van der Waals surface area (Å²) in [4.78, 5) is 24.0. The van der Waals surface area contributed by atoms with E-state index in [1.807, 2.05) is 47.7 Å². The predicted molar refractivity (Wildman–Crippen MR) is 130 cm³/mol. The third-order valence-electron chi connectivity index (χ3n) is 6.71. The van der Waals surface area contributed by atoms with Gasteiger partial charge in [-0.2, -0.15) is 0 Å². The van der Waals surface area contributed by atoms with Gasteiger partial charge in [-0.3, -0.25) is 14.7 Å². The summed E-state index contributed by atoms with van der Waals surface area (Å²) in [7, 11) is 1.65. The van der Waals surface area contributed by atoms with Crippen LogP contribution in [-0.4, -0.2) is 39.8 Å². The van der Waals surface area contributed by atoms with Crippen molar-refractivity contribution in [3.8, 4) is 11.4 Å². The second-order valence-electron chi connectivity index (χ2n) is 8.99. The molecule has 1 fully saturated rings. The van der Waals surface area contributed by atoms with Gasteiger partial charge in [0.25, 0.3) is 0 Å². The fraction of sp³-hybridized carbons (Fsp3) is 0.296. The molecular weight excluding hydrogens is 431 g/mol. The van der Waals surface area contributed by atoms with E-state index in [4.69, 9.17) is 9.73 Å². The molecule has 2 aromatic carbocycles. The van der Waals surface area contributed by atoms with E-state index >= 15 is 0 Å². The lowest BCUT2D eigenvalue weighted by Crippen LogP contribution is -2.56. The van der Waals surface area contributed by atoms with Crippen molar-refractivity contribution in [3.05, 3.63) is 83.2 Å². The van der Waals surface area contributed by atoms with E-state index in [0.29, 0.717) is 31.6 Å². The summed E-state index contributed by atoms with van der Waals surface area (Å²) in [5.41, 5.74) is 4.17. The maximum absolute atomic E-state index is 13.6. The van der Waals surface area contributed by atoms with E-state index in [0.717, 1.165) is 33.8 Å². The number of methoxy groups -OCH3 is 1. The molecule has 0 radical (unpaired) electrons. The van der Waals surface area contributed by atoms with E-state index < -0.39 is 5.54 Å². The molecule has 1 saturated heterocycles. The van der Waals surface area contributed by atoms with Gasteiger partial charge in [-0.05, 0) is 73.7 Å². The second-order valence-corrected chi connectivity index (χ2v) is 8.99. The topological polar surface area (TPSA) is 59.7 Å². The fourth-order valence-electron chi connectivity index (χ4n) is 4.87. The van der Waals surface area contributed by atoms with Crippen LogP contribution in [-0.2, 0) is 10.3 Å². The Kier molecular flexibility index (Phi) is 5.55. The molecule has 6 nitrogen and oxygen atoms in total. The minimum atomic E-state index is -0.567. The SMILES string of the molecule is COc1cc(/C=C2\CCC(=O)N3C2=NCCC3(C)c2ccc(F)cc2)ccc1-n1cnc(C)c1. The van der Waals surface area contributed by atoms with Crippen LogP contribution in [0.2, 0.25) is 0 Å². The maximum Gasteiger partial charge on any atom is 0.229 e. The number of carbonyl (C=O) groups is 1. The highest BCUT2D eigenvalue weighted by atomic mass is 19.1. The molecule has 3 heterocycles. The molecule has 2 aliphatic heterocycles. The van der Waals surface area contributed by atoms with Crippen molar-refractivity contribution < 1.29 is 13.9 Å². The van der Waals surface area contributed by atoms with Crippen molar-refractivity contribution >= 4 is 17.8 Å². The molecule has 1 atom stereocenters. The number of aromatic nitrogens is 2. The number of amidine groups is 1. The first-order chi connectivity index (χ1) is 16.4. The van der Waals surface area contributed by atoms with Gasteiger partial charge in [-0.1, -0.05) is 18.2 Å². The standard InChI is InChI=1S/C27H27FN4O2/c1-18-16-31(17-30-18)23-10-4-19(15-24(23)34-3)14-20-5-11-25(33)32-26(20)29-13-12-27(32,2)21-6-8-22(28)9-7-21/h4,6-10,14-17H,5,11-13H2,1-3H3/b20-14+. The molecule has 1 amide bonds. The van der Waals surface area contributed by atoms with Gasteiger partial charge in [0, 0.05) is 19.2 Å². The monoisotopic (exact) mass is 458 g/mol. The average Bonchev–Trinajstić information content (AvgIpc) is 3.27. The Morgan fingerprint density at radius 2 is 1.94 bits per heavy atom. The summed E-state index contributed by atoms with van der Waals surface area (Å²) < 4.78 is 21.2. The summed E-state index contributed by atoms with van der Waals surface area (Å²) >= 11 is 0. The molecule has 0 bridgehead atoms. The zero-order valence-electron chi connectivity index (χ0n) is 19.6. The van der Waals surface area contributed by atoms with Gasteiger partial charge in [-0.15, -0.1) is 0 Å². The van der Waals surface area contributed by atoms with Crippen LogP contribution < -0.4 is 4.74 Å². The van der Waals surface area contributed by atoms with Crippen molar-refractivity contribution in [2.75, 3.05) is 13.7 Å². The van der Waals surface area contributed by atoms with E-state index in [2.05, 4.69) is 11.1 Å². The highest BCUT2D eigenvalue weighted by Crippen LogP contribution is 2.40. The van der Waals surface area contributed by atoms with Crippen LogP contribution in [0.25, 0.3) is 11.8 Å². The van der Waals surface area contributed by atoms with Crippen molar-refractivity contribution in [1.29, 1.82) is 0 Å². The van der Waals surface area contributed by atoms with Crippen LogP contribution >= 0.6 is 0 Å². The van der Waals surface area contributed by atoms with Gasteiger partial charge in [0.2, 0.25) is 5.91 Å². The Morgan fingerprint density at radius 1 is 1.15 bits per heavy atom. The molecule has 0 saturated carbocycles. The number of rotatable bonds is 4. The number of hydrogen-bond acceptors (Lipinski definition) is 4. The zero-order valence-corrected chi connectivity index (χ0v) is 19.6. The maximum atomic E-state index is 13.6. The minimum absolute atomic E-state index is 0.0471. The van der Waals surface area contributed by atoms with Gasteiger partial charge in [0.05, 0.1) is 30.4 Å². The Morgan fingerprint density at radius 3 is 2.65 bits per heavy atom. The van der Waals surface area contributed by atoms with E-state index in [1.165, 1.54) is 12.1 Å². The third-order valence-corrected chi connectivity index (χ3v) is 6.71. The Bertz CT molecular complexity index is 1310. The summed E-state index contributed by atoms with van der Waals surface area (Å²) in [6.45, 7) is 4.59. The highest BCUT2D eigenvalue weighted by Gasteiger charge is 2.44. The van der Waals surface area contributed by atoms with Gasteiger partial charge in [0.15, 0.2) is 0 Å². The van der Waals surface area contributed by atoms with Crippen molar-refractivity contribution in [2.24, 2.45) is 4.99 Å². The smallest absolute Gasteiger partial charge is 0.229 e. The van der Waals surface area contributed by atoms with Crippen LogP contribution in [0.1, 0.15) is 43.0 Å². The summed E-state index contributed by atoms with van der Waals surface area (Å²) in [5, 5.41) is 0. The summed E-state index contributed by atoms with van der Waals surface area (Å²) in [5.74, 6) is 1.21. The Hall–Kier alpha value is -3.74. The van der Waals surface area contributed by atoms with Crippen molar-refractivity contribution in [2.45, 2.75) is 38.6 Å². The number of fused-ring (bicyclic) bond motifs is 1. The molecule has 0 aliphatic carbocycles. The Labute approximate surface area is 198 Å². The lowest BCUT2D eigenvalue weighted by atomic mass is 9.82. The van der Waals surface area contributed by atoms with Crippen LogP contribution in [0, 0.1) is 12.7 Å². The van der Waals surface area contributed by atoms with Crippen LogP contribution in [0.4, 0.5) is 4.39 Å². The van der Waals surface area contributed by atoms with Gasteiger partial charge < -0.3 is 9.30 Å². The zero-order chi connectivity index (χ0) is 23.9. The van der Waals surface area contributed by atoms with Gasteiger partial charge in [0.1, 0.15) is 17.4 Å². The van der Waals surface area contributed by atoms with Crippen molar-refractivity contribution in [1.82, 2.24) is 14.5 Å². The molecule has 0 spiro atoms. The lowest BCUT2D eigenvalue weighted by Gasteiger charge is -2.47. The average molecular weight is 459 g/mol. The Balaban J connectivity index is 1.51. The molecule has 2 aliphatic rings. The molecule has 174 valence electrons. The number of benzene rings is 2. The quantitative estimate of drug-likeness (QED) is 0.550. The van der Waals surface area contributed by atoms with Gasteiger partial charge >= 0.3 is 0 Å². The number of piperidine rings is 1. The van der Waals surface area contributed by atoms with E-state index in [-0.39, 0.29) is 11.7 Å². The number of imidazole rings is 1. The first-order valence-corrected chi connectivity index (χ1v) is 11.4. The summed E-state index contributed by atoms with van der Waals surface area (Å²) in [6, 6.07) is 12.5. The molecule has 1 aromatic heterocycles. The predicted octanol–water partition coefficient (Wildman–Crippen LogP) is 5.05. The first kappa shape index (κ1) is 22.1. The molecular formula is C27H27FN4O2. The van der Waals surface area contributed by atoms with Crippen LogP contribution in [0.15, 0.2) is 65.6 Å². The summed E-state index contributed by atoms with van der Waals surface area (Å²) in [6.07, 6.45) is 7.52. The molecule has 5 rings (SSSR count). The number of amides is 1. The molecule has 7 heteroatoms. The number of nitrogens with zero attached hydrogens (tertiary/aromatic N) is 4. The van der Waals surface area contributed by atoms with E-state index in [1.54, 1.807) is 25.6 Å². The molecule has 1 unspecified atom stereocenters.